The number of hydrogen-bond donors (Lipinski definition) is 1. The van der Waals surface area contributed by atoms with Crippen LogP contribution in [0.5, 0.6) is 5.75 Å². The first-order chi connectivity index (χ1) is 14.0. The maximum Gasteiger partial charge on any atom is 0.338 e. The summed E-state index contributed by atoms with van der Waals surface area (Å²) in [6.45, 7) is 4.18. The number of carbonyl (C=O) groups excluding carboxylic acids is 2. The minimum atomic E-state index is -0.303. The van der Waals surface area contributed by atoms with E-state index < -0.39 is 0 Å². The predicted molar refractivity (Wildman–Crippen MR) is 113 cm³/mol. The van der Waals surface area contributed by atoms with Crippen LogP contribution in [-0.2, 0) is 9.53 Å². The molecule has 3 rings (SSSR count). The molecule has 5 heteroatoms. The first kappa shape index (κ1) is 20.9. The van der Waals surface area contributed by atoms with E-state index in [2.05, 4.69) is 19.2 Å². The number of ether oxygens (including phenoxy) is 2. The summed E-state index contributed by atoms with van der Waals surface area (Å²) in [5.41, 5.74) is 2.34. The Morgan fingerprint density at radius 3 is 2.24 bits per heavy atom. The van der Waals surface area contributed by atoms with Gasteiger partial charge in [0.05, 0.1) is 5.56 Å². The fourth-order valence-corrected chi connectivity index (χ4v) is 3.39. The number of benzene rings is 2. The van der Waals surface area contributed by atoms with Crippen LogP contribution >= 0.6 is 0 Å². The van der Waals surface area contributed by atoms with Gasteiger partial charge in [-0.25, -0.2) is 4.79 Å². The van der Waals surface area contributed by atoms with Gasteiger partial charge in [-0.3, -0.25) is 4.79 Å². The molecule has 1 amide bonds. The van der Waals surface area contributed by atoms with Crippen molar-refractivity contribution in [3.63, 3.8) is 0 Å². The molecule has 0 unspecified atom stereocenters. The summed E-state index contributed by atoms with van der Waals surface area (Å²) in [5.74, 6) is 0.555. The Balaban J connectivity index is 1.46. The number of nitrogens with one attached hydrogen (secondary N) is 1. The molecular formula is C24H29NO4. The van der Waals surface area contributed by atoms with Crippen LogP contribution in [-0.4, -0.2) is 24.6 Å². The summed E-state index contributed by atoms with van der Waals surface area (Å²) in [5, 5.41) is 2.77. The molecule has 0 spiro atoms. The van der Waals surface area contributed by atoms with Crippen LogP contribution < -0.4 is 10.1 Å². The number of carbonyl (C=O) groups is 2. The predicted octanol–water partition coefficient (Wildman–Crippen LogP) is 5.32. The van der Waals surface area contributed by atoms with Crippen molar-refractivity contribution in [2.45, 2.75) is 58.0 Å². The van der Waals surface area contributed by atoms with E-state index in [0.29, 0.717) is 22.9 Å². The van der Waals surface area contributed by atoms with E-state index in [-0.39, 0.29) is 24.6 Å². The Kier molecular flexibility index (Phi) is 7.28. The van der Waals surface area contributed by atoms with E-state index in [1.807, 2.05) is 24.3 Å². The first-order valence-corrected chi connectivity index (χ1v) is 10.3. The third kappa shape index (κ3) is 6.34. The second-order valence-electron chi connectivity index (χ2n) is 7.80. The van der Waals surface area contributed by atoms with E-state index in [1.165, 1.54) is 12.0 Å². The zero-order valence-electron chi connectivity index (χ0n) is 17.1. The standard InChI is InChI=1S/C24H29NO4/c1-17(2)18-10-14-21(15-11-18)28-16-23(26)25-20-12-8-19(9-13-20)24(27)29-22-6-4-3-5-7-22/h8-15,17,22H,3-7,16H2,1-2H3,(H,25,26). The smallest absolute Gasteiger partial charge is 0.338 e. The van der Waals surface area contributed by atoms with Crippen molar-refractivity contribution >= 4 is 17.6 Å². The van der Waals surface area contributed by atoms with Gasteiger partial charge in [-0.1, -0.05) is 32.4 Å². The Labute approximate surface area is 172 Å². The van der Waals surface area contributed by atoms with Crippen LogP contribution in [0.4, 0.5) is 5.69 Å². The number of anilines is 1. The van der Waals surface area contributed by atoms with Gasteiger partial charge < -0.3 is 14.8 Å². The highest BCUT2D eigenvalue weighted by Gasteiger charge is 2.18. The van der Waals surface area contributed by atoms with Crippen molar-refractivity contribution in [3.8, 4) is 5.75 Å². The van der Waals surface area contributed by atoms with Crippen molar-refractivity contribution < 1.29 is 19.1 Å². The van der Waals surface area contributed by atoms with Gasteiger partial charge in [-0.05, 0) is 73.6 Å². The molecule has 29 heavy (non-hydrogen) atoms. The molecule has 1 aliphatic rings. The normalized spacial score (nSPS) is 14.4. The molecular weight excluding hydrogens is 366 g/mol. The van der Waals surface area contributed by atoms with Crippen LogP contribution in [0.3, 0.4) is 0 Å². The van der Waals surface area contributed by atoms with E-state index in [4.69, 9.17) is 9.47 Å². The first-order valence-electron chi connectivity index (χ1n) is 10.3. The maximum atomic E-state index is 12.2. The lowest BCUT2D eigenvalue weighted by Crippen LogP contribution is -2.21. The van der Waals surface area contributed by atoms with Gasteiger partial charge in [0.1, 0.15) is 11.9 Å². The molecule has 2 aromatic carbocycles. The molecule has 0 radical (unpaired) electrons. The van der Waals surface area contributed by atoms with Crippen molar-refractivity contribution in [1.82, 2.24) is 0 Å². The van der Waals surface area contributed by atoms with E-state index >= 15 is 0 Å². The largest absolute Gasteiger partial charge is 0.484 e. The Morgan fingerprint density at radius 2 is 1.62 bits per heavy atom. The monoisotopic (exact) mass is 395 g/mol. The quantitative estimate of drug-likeness (QED) is 0.645. The molecule has 1 aliphatic carbocycles. The molecule has 2 aromatic rings. The second kappa shape index (κ2) is 10.1. The third-order valence-electron chi connectivity index (χ3n) is 5.15. The lowest BCUT2D eigenvalue weighted by atomic mass is 9.98. The summed E-state index contributed by atoms with van der Waals surface area (Å²) in [6.07, 6.45) is 5.37. The molecule has 1 saturated carbocycles. The molecule has 0 atom stereocenters. The number of esters is 1. The van der Waals surface area contributed by atoms with E-state index in [9.17, 15) is 9.59 Å². The zero-order chi connectivity index (χ0) is 20.6. The van der Waals surface area contributed by atoms with Gasteiger partial charge in [0.15, 0.2) is 6.61 Å². The molecule has 0 bridgehead atoms. The molecule has 0 aliphatic heterocycles. The van der Waals surface area contributed by atoms with Crippen molar-refractivity contribution in [2.24, 2.45) is 0 Å². The minimum absolute atomic E-state index is 0.0300. The summed E-state index contributed by atoms with van der Waals surface area (Å²) < 4.78 is 11.1. The molecule has 154 valence electrons. The maximum absolute atomic E-state index is 12.2. The zero-order valence-corrected chi connectivity index (χ0v) is 17.1. The van der Waals surface area contributed by atoms with Crippen LogP contribution in [0.2, 0.25) is 0 Å². The average Bonchev–Trinajstić information content (AvgIpc) is 2.74. The summed E-state index contributed by atoms with van der Waals surface area (Å²) in [7, 11) is 0. The summed E-state index contributed by atoms with van der Waals surface area (Å²) in [6, 6.07) is 14.5. The molecule has 1 N–H and O–H groups in total. The SMILES string of the molecule is CC(C)c1ccc(OCC(=O)Nc2ccc(C(=O)OC3CCCCC3)cc2)cc1. The second-order valence-corrected chi connectivity index (χ2v) is 7.80. The average molecular weight is 395 g/mol. The lowest BCUT2D eigenvalue weighted by molar-refractivity contribution is -0.118. The van der Waals surface area contributed by atoms with Gasteiger partial charge in [0, 0.05) is 5.69 Å². The van der Waals surface area contributed by atoms with Crippen LogP contribution in [0.25, 0.3) is 0 Å². The van der Waals surface area contributed by atoms with Gasteiger partial charge in [0.25, 0.3) is 5.91 Å². The van der Waals surface area contributed by atoms with Crippen LogP contribution in [0.1, 0.15) is 67.8 Å². The number of rotatable bonds is 7. The molecule has 1 fully saturated rings. The van der Waals surface area contributed by atoms with Crippen LogP contribution in [0, 0.1) is 0 Å². The lowest BCUT2D eigenvalue weighted by Gasteiger charge is -2.21. The highest BCUT2D eigenvalue weighted by Crippen LogP contribution is 2.22. The molecule has 5 nitrogen and oxygen atoms in total. The minimum Gasteiger partial charge on any atom is -0.484 e. The Bertz CT molecular complexity index is 806. The highest BCUT2D eigenvalue weighted by atomic mass is 16.5. The highest BCUT2D eigenvalue weighted by molar-refractivity contribution is 5.93. The Hall–Kier alpha value is -2.82. The van der Waals surface area contributed by atoms with Gasteiger partial charge >= 0.3 is 5.97 Å². The number of hydrogen-bond acceptors (Lipinski definition) is 4. The summed E-state index contributed by atoms with van der Waals surface area (Å²) in [4.78, 5) is 24.4. The molecule has 0 aromatic heterocycles. The van der Waals surface area contributed by atoms with Gasteiger partial charge in [-0.2, -0.15) is 0 Å². The fourth-order valence-electron chi connectivity index (χ4n) is 3.39. The van der Waals surface area contributed by atoms with Gasteiger partial charge in [0.2, 0.25) is 0 Å². The van der Waals surface area contributed by atoms with Crippen molar-refractivity contribution in [1.29, 1.82) is 0 Å². The summed E-state index contributed by atoms with van der Waals surface area (Å²) >= 11 is 0. The van der Waals surface area contributed by atoms with Gasteiger partial charge in [-0.15, -0.1) is 0 Å². The van der Waals surface area contributed by atoms with E-state index in [0.717, 1.165) is 25.7 Å². The molecule has 0 heterocycles. The van der Waals surface area contributed by atoms with Crippen molar-refractivity contribution in [3.05, 3.63) is 59.7 Å². The van der Waals surface area contributed by atoms with E-state index in [1.54, 1.807) is 24.3 Å². The Morgan fingerprint density at radius 1 is 0.966 bits per heavy atom. The molecule has 0 saturated heterocycles. The number of amides is 1. The van der Waals surface area contributed by atoms with Crippen LogP contribution in [0.15, 0.2) is 48.5 Å². The fraction of sp³-hybridized carbons (Fsp3) is 0.417. The topological polar surface area (TPSA) is 64.6 Å². The third-order valence-corrected chi connectivity index (χ3v) is 5.15. The van der Waals surface area contributed by atoms with Crippen molar-refractivity contribution in [2.75, 3.05) is 11.9 Å².